The molecule has 1 aliphatic carbocycles. The van der Waals surface area contributed by atoms with Crippen molar-refractivity contribution in [3.8, 4) is 11.5 Å². The summed E-state index contributed by atoms with van der Waals surface area (Å²) in [6.07, 6.45) is 1.69. The third kappa shape index (κ3) is 3.44. The van der Waals surface area contributed by atoms with Crippen LogP contribution in [0.4, 0.5) is 8.78 Å². The Balaban J connectivity index is 1.51. The number of carbonyl (C=O) groups excluding carboxylic acids is 1. The van der Waals surface area contributed by atoms with E-state index in [1.165, 1.54) is 4.31 Å². The molecule has 0 unspecified atom stereocenters. The minimum absolute atomic E-state index is 0.0256. The van der Waals surface area contributed by atoms with Crippen molar-refractivity contribution >= 4 is 16.3 Å². The Hall–Kier alpha value is -2.52. The molecule has 0 N–H and O–H groups in total. The third-order valence-electron chi connectivity index (χ3n) is 7.60. The molecule has 1 saturated heterocycles. The SMILES string of the molecule is COc1ccc(CN2[C@@H]3CC[C@@]4(C=O)c5c(F)ccc(F)c5OC[C@H]4[C@@H]3CCS2(=O)=O)cc1. The number of sulfonamides is 1. The first-order chi connectivity index (χ1) is 15.8. The van der Waals surface area contributed by atoms with E-state index < -0.39 is 33.0 Å². The molecule has 2 fully saturated rings. The number of rotatable bonds is 4. The lowest BCUT2D eigenvalue weighted by Crippen LogP contribution is -2.61. The van der Waals surface area contributed by atoms with Crippen LogP contribution in [0, 0.1) is 23.5 Å². The predicted molar refractivity (Wildman–Crippen MR) is 117 cm³/mol. The number of carbonyl (C=O) groups is 1. The zero-order valence-electron chi connectivity index (χ0n) is 18.2. The van der Waals surface area contributed by atoms with E-state index in [4.69, 9.17) is 9.47 Å². The molecule has 2 aromatic carbocycles. The standard InChI is InChI=1S/C24H25F2NO5S/c1-31-16-4-2-15(3-5-16)12-27-21-8-10-24(14-28)18(17(21)9-11-33(27,29)30)13-32-23-20(26)7-6-19(25)22(23)24/h2-7,14,17-18,21H,8-13H2,1H3/t17-,18-,21+,24-/m0/s1. The zero-order valence-corrected chi connectivity index (χ0v) is 19.0. The molecule has 2 heterocycles. The van der Waals surface area contributed by atoms with Crippen LogP contribution in [-0.2, 0) is 26.8 Å². The third-order valence-corrected chi connectivity index (χ3v) is 9.47. The van der Waals surface area contributed by atoms with Crippen LogP contribution in [0.15, 0.2) is 36.4 Å². The number of halogens is 2. The zero-order chi connectivity index (χ0) is 23.4. The van der Waals surface area contributed by atoms with Crippen LogP contribution in [0.25, 0.3) is 0 Å². The minimum Gasteiger partial charge on any atom is -0.497 e. The van der Waals surface area contributed by atoms with Gasteiger partial charge >= 0.3 is 0 Å². The normalized spacial score (nSPS) is 30.3. The molecule has 5 rings (SSSR count). The summed E-state index contributed by atoms with van der Waals surface area (Å²) in [6.45, 7) is 0.248. The van der Waals surface area contributed by atoms with Gasteiger partial charge in [0.25, 0.3) is 0 Å². The number of benzene rings is 2. The monoisotopic (exact) mass is 477 g/mol. The van der Waals surface area contributed by atoms with Crippen molar-refractivity contribution in [3.63, 3.8) is 0 Å². The van der Waals surface area contributed by atoms with Gasteiger partial charge in [0.05, 0.1) is 24.9 Å². The number of hydrogen-bond acceptors (Lipinski definition) is 5. The molecule has 9 heteroatoms. The number of fused-ring (bicyclic) bond motifs is 5. The van der Waals surface area contributed by atoms with Gasteiger partial charge in [-0.3, -0.25) is 0 Å². The van der Waals surface area contributed by atoms with Gasteiger partial charge in [-0.15, -0.1) is 0 Å². The first-order valence-electron chi connectivity index (χ1n) is 11.0. The minimum atomic E-state index is -3.51. The van der Waals surface area contributed by atoms with Crippen molar-refractivity contribution in [3.05, 3.63) is 59.2 Å². The van der Waals surface area contributed by atoms with Gasteiger partial charge in [0.2, 0.25) is 10.0 Å². The summed E-state index contributed by atoms with van der Waals surface area (Å²) < 4.78 is 67.8. The van der Waals surface area contributed by atoms with Crippen LogP contribution in [-0.4, -0.2) is 44.5 Å². The van der Waals surface area contributed by atoms with E-state index in [0.29, 0.717) is 18.6 Å². The molecule has 6 nitrogen and oxygen atoms in total. The Labute approximate surface area is 191 Å². The number of methoxy groups -OCH3 is 1. The van der Waals surface area contributed by atoms with Crippen LogP contribution in [0.2, 0.25) is 0 Å². The largest absolute Gasteiger partial charge is 0.497 e. The smallest absolute Gasteiger partial charge is 0.214 e. The fraction of sp³-hybridized carbons (Fsp3) is 0.458. The molecular formula is C24H25F2NO5S. The van der Waals surface area contributed by atoms with Crippen molar-refractivity contribution in [1.29, 1.82) is 0 Å². The Bertz CT molecular complexity index is 1190. The van der Waals surface area contributed by atoms with E-state index in [-0.39, 0.29) is 48.6 Å². The van der Waals surface area contributed by atoms with Crippen molar-refractivity contribution in [2.75, 3.05) is 19.5 Å². The predicted octanol–water partition coefficient (Wildman–Crippen LogP) is 3.43. The summed E-state index contributed by atoms with van der Waals surface area (Å²) in [5, 5.41) is 0. The summed E-state index contributed by atoms with van der Waals surface area (Å²) in [5.41, 5.74) is -0.429. The number of nitrogens with zero attached hydrogens (tertiary/aromatic N) is 1. The molecule has 0 bridgehead atoms. The Morgan fingerprint density at radius 3 is 2.58 bits per heavy atom. The molecule has 1 saturated carbocycles. The summed E-state index contributed by atoms with van der Waals surface area (Å²) >= 11 is 0. The maximum absolute atomic E-state index is 14.9. The van der Waals surface area contributed by atoms with Crippen molar-refractivity contribution in [2.24, 2.45) is 11.8 Å². The highest BCUT2D eigenvalue weighted by Crippen LogP contribution is 2.55. The highest BCUT2D eigenvalue weighted by Gasteiger charge is 2.58. The van der Waals surface area contributed by atoms with Gasteiger partial charge in [0.15, 0.2) is 11.6 Å². The highest BCUT2D eigenvalue weighted by molar-refractivity contribution is 7.89. The number of hydrogen-bond donors (Lipinski definition) is 0. The second-order valence-electron chi connectivity index (χ2n) is 9.08. The maximum atomic E-state index is 14.9. The maximum Gasteiger partial charge on any atom is 0.214 e. The molecule has 2 aromatic rings. The second-order valence-corrected chi connectivity index (χ2v) is 11.1. The molecule has 0 radical (unpaired) electrons. The quantitative estimate of drug-likeness (QED) is 0.631. The molecule has 33 heavy (non-hydrogen) atoms. The Kier molecular flexibility index (Phi) is 5.44. The fourth-order valence-corrected chi connectivity index (χ4v) is 7.82. The molecule has 4 atom stereocenters. The van der Waals surface area contributed by atoms with Crippen LogP contribution < -0.4 is 9.47 Å². The average molecular weight is 478 g/mol. The molecule has 0 spiro atoms. The lowest BCUT2D eigenvalue weighted by atomic mass is 9.56. The van der Waals surface area contributed by atoms with Crippen LogP contribution in [0.3, 0.4) is 0 Å². The summed E-state index contributed by atoms with van der Waals surface area (Å²) in [7, 11) is -1.94. The Morgan fingerprint density at radius 2 is 1.88 bits per heavy atom. The van der Waals surface area contributed by atoms with Crippen molar-refractivity contribution < 1.29 is 31.5 Å². The van der Waals surface area contributed by atoms with Gasteiger partial charge in [0.1, 0.15) is 17.9 Å². The van der Waals surface area contributed by atoms with Gasteiger partial charge in [-0.25, -0.2) is 17.2 Å². The van der Waals surface area contributed by atoms with E-state index in [1.807, 2.05) is 12.1 Å². The Morgan fingerprint density at radius 1 is 1.15 bits per heavy atom. The second kappa shape index (κ2) is 8.06. The molecular weight excluding hydrogens is 452 g/mol. The summed E-state index contributed by atoms with van der Waals surface area (Å²) in [5.74, 6) is -1.59. The molecule has 176 valence electrons. The molecule has 0 aromatic heterocycles. The average Bonchev–Trinajstić information content (AvgIpc) is 2.82. The van der Waals surface area contributed by atoms with Crippen LogP contribution >= 0.6 is 0 Å². The topological polar surface area (TPSA) is 72.9 Å². The van der Waals surface area contributed by atoms with Gasteiger partial charge < -0.3 is 14.3 Å². The lowest BCUT2D eigenvalue weighted by Gasteiger charge is -2.54. The highest BCUT2D eigenvalue weighted by atomic mass is 32.2. The van der Waals surface area contributed by atoms with Gasteiger partial charge in [-0.1, -0.05) is 12.1 Å². The van der Waals surface area contributed by atoms with E-state index in [0.717, 1.165) is 24.0 Å². The molecule has 3 aliphatic rings. The molecule has 0 amide bonds. The van der Waals surface area contributed by atoms with E-state index >= 15 is 0 Å². The van der Waals surface area contributed by atoms with E-state index in [2.05, 4.69) is 0 Å². The number of ether oxygens (including phenoxy) is 2. The van der Waals surface area contributed by atoms with Crippen LogP contribution in [0.5, 0.6) is 11.5 Å². The van der Waals surface area contributed by atoms with Crippen molar-refractivity contribution in [2.45, 2.75) is 37.3 Å². The lowest BCUT2D eigenvalue weighted by molar-refractivity contribution is -0.121. The van der Waals surface area contributed by atoms with Crippen molar-refractivity contribution in [1.82, 2.24) is 4.31 Å². The summed E-state index contributed by atoms with van der Waals surface area (Å²) in [6, 6.07) is 8.91. The van der Waals surface area contributed by atoms with Gasteiger partial charge in [-0.05, 0) is 55.0 Å². The number of aldehydes is 1. The van der Waals surface area contributed by atoms with Crippen LogP contribution in [0.1, 0.15) is 30.4 Å². The van der Waals surface area contributed by atoms with E-state index in [1.54, 1.807) is 19.2 Å². The summed E-state index contributed by atoms with van der Waals surface area (Å²) in [4.78, 5) is 12.5. The van der Waals surface area contributed by atoms with Gasteiger partial charge in [-0.2, -0.15) is 4.31 Å². The fourth-order valence-electron chi connectivity index (χ4n) is 5.99. The first kappa shape index (κ1) is 22.3. The van der Waals surface area contributed by atoms with E-state index in [9.17, 15) is 22.0 Å². The van der Waals surface area contributed by atoms with Gasteiger partial charge in [0, 0.05) is 24.1 Å². The molecule has 2 aliphatic heterocycles. The first-order valence-corrected chi connectivity index (χ1v) is 12.6.